The molecular weight excluding hydrogens is 400 g/mol. The number of ketones is 1. The van der Waals surface area contributed by atoms with E-state index in [9.17, 15) is 14.9 Å². The SMILES string of the molecule is Cc1ccc(C2C(C#N)=C(N)N(NC(=O)c3ccco3)C3=C2C(=O)CC(C)(C)C3)s1. The number of nitriles is 1. The molecule has 8 heteroatoms. The molecule has 0 spiro atoms. The van der Waals surface area contributed by atoms with Gasteiger partial charge in [0.05, 0.1) is 29.5 Å². The topological polar surface area (TPSA) is 112 Å². The Kier molecular flexibility index (Phi) is 4.79. The lowest BCUT2D eigenvalue weighted by Crippen LogP contribution is -2.49. The Balaban J connectivity index is 1.87. The van der Waals surface area contributed by atoms with E-state index in [1.165, 1.54) is 28.7 Å². The normalized spacial score (nSPS) is 20.8. The third-order valence-corrected chi connectivity index (χ3v) is 6.45. The highest BCUT2D eigenvalue weighted by molar-refractivity contribution is 7.12. The molecule has 30 heavy (non-hydrogen) atoms. The number of hydrogen-bond acceptors (Lipinski definition) is 7. The van der Waals surface area contributed by atoms with E-state index in [0.717, 1.165) is 9.75 Å². The molecule has 2 aromatic rings. The first-order valence-corrected chi connectivity index (χ1v) is 10.4. The summed E-state index contributed by atoms with van der Waals surface area (Å²) in [6.07, 6.45) is 2.30. The summed E-state index contributed by atoms with van der Waals surface area (Å²) in [4.78, 5) is 27.9. The second-order valence-corrected chi connectivity index (χ2v) is 9.67. The number of carbonyl (C=O) groups excluding carboxylic acids is 2. The van der Waals surface area contributed by atoms with Gasteiger partial charge in [-0.3, -0.25) is 15.0 Å². The molecule has 2 aliphatic rings. The van der Waals surface area contributed by atoms with E-state index < -0.39 is 11.8 Å². The van der Waals surface area contributed by atoms with Crippen LogP contribution in [0.5, 0.6) is 0 Å². The van der Waals surface area contributed by atoms with Crippen LogP contribution in [0.2, 0.25) is 0 Å². The predicted octanol–water partition coefficient (Wildman–Crippen LogP) is 3.73. The molecule has 0 aromatic carbocycles. The number of nitrogens with zero attached hydrogens (tertiary/aromatic N) is 2. The Labute approximate surface area is 178 Å². The minimum Gasteiger partial charge on any atom is -0.459 e. The summed E-state index contributed by atoms with van der Waals surface area (Å²) < 4.78 is 5.17. The highest BCUT2D eigenvalue weighted by Gasteiger charge is 2.45. The second kappa shape index (κ2) is 7.18. The van der Waals surface area contributed by atoms with Gasteiger partial charge in [-0.15, -0.1) is 11.3 Å². The smallest absolute Gasteiger partial charge is 0.305 e. The molecule has 1 amide bonds. The van der Waals surface area contributed by atoms with E-state index in [-0.39, 0.29) is 28.4 Å². The van der Waals surface area contributed by atoms with Crippen molar-refractivity contribution in [1.29, 1.82) is 5.26 Å². The first kappa shape index (κ1) is 20.0. The zero-order valence-electron chi connectivity index (χ0n) is 17.0. The average molecular weight is 423 g/mol. The van der Waals surface area contributed by atoms with Gasteiger partial charge < -0.3 is 10.2 Å². The molecule has 1 unspecified atom stereocenters. The zero-order valence-corrected chi connectivity index (χ0v) is 17.8. The van der Waals surface area contributed by atoms with Crippen molar-refractivity contribution in [2.75, 3.05) is 0 Å². The Morgan fingerprint density at radius 1 is 1.37 bits per heavy atom. The van der Waals surface area contributed by atoms with Gasteiger partial charge in [-0.2, -0.15) is 5.26 Å². The zero-order chi connectivity index (χ0) is 21.6. The molecule has 4 rings (SSSR count). The number of nitrogens with one attached hydrogen (secondary N) is 1. The number of furan rings is 1. The number of aryl methyl sites for hydroxylation is 1. The Hall–Kier alpha value is -3.31. The molecule has 0 bridgehead atoms. The van der Waals surface area contributed by atoms with Gasteiger partial charge in [0.25, 0.3) is 0 Å². The molecule has 0 radical (unpaired) electrons. The van der Waals surface area contributed by atoms with Crippen LogP contribution in [0, 0.1) is 23.7 Å². The van der Waals surface area contributed by atoms with Crippen molar-refractivity contribution in [3.05, 3.63) is 68.7 Å². The lowest BCUT2D eigenvalue weighted by Gasteiger charge is -2.43. The summed E-state index contributed by atoms with van der Waals surface area (Å²) in [5.74, 6) is -0.828. The fourth-order valence-electron chi connectivity index (χ4n) is 4.09. The first-order valence-electron chi connectivity index (χ1n) is 9.59. The van der Waals surface area contributed by atoms with Gasteiger partial charge in [0.15, 0.2) is 11.5 Å². The molecule has 0 saturated carbocycles. The number of hydrogen-bond donors (Lipinski definition) is 2. The van der Waals surface area contributed by atoms with Gasteiger partial charge in [0.1, 0.15) is 5.82 Å². The highest BCUT2D eigenvalue weighted by Crippen LogP contribution is 2.49. The van der Waals surface area contributed by atoms with E-state index in [4.69, 9.17) is 10.2 Å². The lowest BCUT2D eigenvalue weighted by atomic mass is 9.70. The monoisotopic (exact) mass is 422 g/mol. The Morgan fingerprint density at radius 2 is 2.13 bits per heavy atom. The van der Waals surface area contributed by atoms with Crippen LogP contribution >= 0.6 is 11.3 Å². The highest BCUT2D eigenvalue weighted by atomic mass is 32.1. The van der Waals surface area contributed by atoms with Crippen molar-refractivity contribution in [3.8, 4) is 6.07 Å². The summed E-state index contributed by atoms with van der Waals surface area (Å²) in [5, 5.41) is 11.3. The predicted molar refractivity (Wildman–Crippen MR) is 112 cm³/mol. The van der Waals surface area contributed by atoms with Crippen molar-refractivity contribution in [2.45, 2.75) is 39.5 Å². The number of Topliss-reactive ketones (excluding diaryl/α,β-unsaturated/α-hetero) is 1. The van der Waals surface area contributed by atoms with Gasteiger partial charge in [-0.05, 0) is 43.0 Å². The lowest BCUT2D eigenvalue weighted by molar-refractivity contribution is -0.118. The minimum atomic E-state index is -0.524. The number of allylic oxidation sites excluding steroid dienone is 3. The summed E-state index contributed by atoms with van der Waals surface area (Å²) in [6.45, 7) is 5.99. The van der Waals surface area contributed by atoms with Crippen LogP contribution < -0.4 is 11.2 Å². The van der Waals surface area contributed by atoms with Crippen LogP contribution in [0.3, 0.4) is 0 Å². The van der Waals surface area contributed by atoms with Crippen LogP contribution in [0.25, 0.3) is 0 Å². The van der Waals surface area contributed by atoms with Crippen molar-refractivity contribution in [2.24, 2.45) is 11.1 Å². The molecule has 154 valence electrons. The van der Waals surface area contributed by atoms with Crippen LogP contribution in [-0.4, -0.2) is 16.7 Å². The molecule has 1 atom stereocenters. The standard InChI is InChI=1S/C22H22N4O3S/c1-12-6-7-17(30-12)18-13(11-23)20(24)26(25-21(28)16-5-4-8-29-16)14-9-22(2,3)10-15(27)19(14)18/h4-8,18H,9-10,24H2,1-3H3,(H,25,28). The minimum absolute atomic E-state index is 0.0326. The van der Waals surface area contributed by atoms with Crippen molar-refractivity contribution in [1.82, 2.24) is 10.4 Å². The van der Waals surface area contributed by atoms with Gasteiger partial charge in [0.2, 0.25) is 0 Å². The van der Waals surface area contributed by atoms with Crippen LogP contribution in [0.15, 0.2) is 57.6 Å². The van der Waals surface area contributed by atoms with E-state index in [0.29, 0.717) is 24.1 Å². The number of rotatable bonds is 3. The number of carbonyl (C=O) groups is 2. The molecule has 1 aliphatic heterocycles. The van der Waals surface area contributed by atoms with Crippen molar-refractivity contribution >= 4 is 23.0 Å². The molecule has 0 saturated heterocycles. The summed E-state index contributed by atoms with van der Waals surface area (Å²) in [6, 6.07) is 9.23. The summed E-state index contributed by atoms with van der Waals surface area (Å²) in [7, 11) is 0. The summed E-state index contributed by atoms with van der Waals surface area (Å²) in [5.41, 5.74) is 10.2. The van der Waals surface area contributed by atoms with Gasteiger partial charge >= 0.3 is 5.91 Å². The quantitative estimate of drug-likeness (QED) is 0.779. The van der Waals surface area contributed by atoms with E-state index in [1.807, 2.05) is 32.9 Å². The maximum absolute atomic E-state index is 13.3. The van der Waals surface area contributed by atoms with Crippen LogP contribution in [-0.2, 0) is 4.79 Å². The number of amides is 1. The van der Waals surface area contributed by atoms with E-state index in [2.05, 4.69) is 11.5 Å². The average Bonchev–Trinajstić information content (AvgIpc) is 3.34. The summed E-state index contributed by atoms with van der Waals surface area (Å²) >= 11 is 1.54. The Morgan fingerprint density at radius 3 is 2.73 bits per heavy atom. The molecular formula is C22H22N4O3S. The fraction of sp³-hybridized carbons (Fsp3) is 0.318. The molecule has 3 heterocycles. The number of thiophene rings is 1. The maximum Gasteiger partial charge on any atom is 0.305 e. The van der Waals surface area contributed by atoms with E-state index >= 15 is 0 Å². The molecule has 7 nitrogen and oxygen atoms in total. The van der Waals surface area contributed by atoms with Crippen molar-refractivity contribution < 1.29 is 14.0 Å². The first-order chi connectivity index (χ1) is 14.2. The third kappa shape index (κ3) is 3.31. The fourth-order valence-corrected chi connectivity index (χ4v) is 5.09. The van der Waals surface area contributed by atoms with Gasteiger partial charge in [0, 0.05) is 21.7 Å². The molecule has 0 fully saturated rings. The molecule has 1 aliphatic carbocycles. The van der Waals surface area contributed by atoms with Crippen LogP contribution in [0.1, 0.15) is 52.9 Å². The van der Waals surface area contributed by atoms with Crippen LogP contribution in [0.4, 0.5) is 0 Å². The third-order valence-electron chi connectivity index (χ3n) is 5.38. The molecule has 3 N–H and O–H groups in total. The van der Waals surface area contributed by atoms with Crippen molar-refractivity contribution in [3.63, 3.8) is 0 Å². The maximum atomic E-state index is 13.3. The number of hydrazine groups is 1. The second-order valence-electron chi connectivity index (χ2n) is 8.35. The number of nitrogens with two attached hydrogens (primary N) is 1. The molecule has 2 aromatic heterocycles. The van der Waals surface area contributed by atoms with E-state index in [1.54, 1.807) is 6.07 Å². The largest absolute Gasteiger partial charge is 0.459 e. The van der Waals surface area contributed by atoms with Gasteiger partial charge in [-0.25, -0.2) is 5.01 Å². The Bertz CT molecular complexity index is 1130. The van der Waals surface area contributed by atoms with Gasteiger partial charge in [-0.1, -0.05) is 13.8 Å².